The Morgan fingerprint density at radius 3 is 2.67 bits per heavy atom. The van der Waals surface area contributed by atoms with Crippen LogP contribution in [0.3, 0.4) is 0 Å². The molecule has 6 heteroatoms. The van der Waals surface area contributed by atoms with Crippen molar-refractivity contribution >= 4 is 17.3 Å². The van der Waals surface area contributed by atoms with E-state index < -0.39 is 0 Å². The Kier molecular flexibility index (Phi) is 6.06. The van der Waals surface area contributed by atoms with Crippen molar-refractivity contribution in [2.75, 3.05) is 45.1 Å². The van der Waals surface area contributed by atoms with E-state index >= 15 is 0 Å². The highest BCUT2D eigenvalue weighted by molar-refractivity contribution is 5.93. The first-order valence-electron chi connectivity index (χ1n) is 9.17. The number of hydrogen-bond acceptors (Lipinski definition) is 4. The SMILES string of the molecule is CN=C(NCc1ccc2c(c1)CCCN2C)Nc1ccc(OC)c(OC)c1. The molecule has 2 N–H and O–H groups in total. The van der Waals surface area contributed by atoms with Gasteiger partial charge in [0.25, 0.3) is 0 Å². The lowest BCUT2D eigenvalue weighted by atomic mass is 9.99. The molecule has 0 atom stereocenters. The Morgan fingerprint density at radius 1 is 1.11 bits per heavy atom. The second-order valence-electron chi connectivity index (χ2n) is 6.61. The summed E-state index contributed by atoms with van der Waals surface area (Å²) in [4.78, 5) is 6.64. The van der Waals surface area contributed by atoms with E-state index in [2.05, 4.69) is 45.8 Å². The smallest absolute Gasteiger partial charge is 0.195 e. The Morgan fingerprint density at radius 2 is 1.93 bits per heavy atom. The van der Waals surface area contributed by atoms with Crippen LogP contribution in [0.4, 0.5) is 11.4 Å². The first kappa shape index (κ1) is 18.9. The molecule has 6 nitrogen and oxygen atoms in total. The van der Waals surface area contributed by atoms with Crippen molar-refractivity contribution in [3.05, 3.63) is 47.5 Å². The third-order valence-electron chi connectivity index (χ3n) is 4.82. The first-order valence-corrected chi connectivity index (χ1v) is 9.17. The van der Waals surface area contributed by atoms with Gasteiger partial charge in [-0.25, -0.2) is 0 Å². The van der Waals surface area contributed by atoms with E-state index in [9.17, 15) is 0 Å². The van der Waals surface area contributed by atoms with Crippen LogP contribution in [-0.4, -0.2) is 40.8 Å². The van der Waals surface area contributed by atoms with Crippen molar-refractivity contribution < 1.29 is 9.47 Å². The van der Waals surface area contributed by atoms with Gasteiger partial charge in [-0.15, -0.1) is 0 Å². The van der Waals surface area contributed by atoms with Crippen molar-refractivity contribution in [1.82, 2.24) is 5.32 Å². The number of nitrogens with one attached hydrogen (secondary N) is 2. The summed E-state index contributed by atoms with van der Waals surface area (Å²) in [6.45, 7) is 1.84. The number of anilines is 2. The summed E-state index contributed by atoms with van der Waals surface area (Å²) in [5.74, 6) is 2.08. The van der Waals surface area contributed by atoms with Gasteiger partial charge in [0.15, 0.2) is 17.5 Å². The second kappa shape index (κ2) is 8.66. The average Bonchev–Trinajstić information content (AvgIpc) is 2.71. The molecule has 2 aromatic carbocycles. The lowest BCUT2D eigenvalue weighted by Crippen LogP contribution is -2.30. The van der Waals surface area contributed by atoms with Gasteiger partial charge in [0.1, 0.15) is 0 Å². The third kappa shape index (κ3) is 4.45. The molecule has 1 aliphatic heterocycles. The highest BCUT2D eigenvalue weighted by Crippen LogP contribution is 2.30. The van der Waals surface area contributed by atoms with Crippen molar-refractivity contribution in [3.63, 3.8) is 0 Å². The van der Waals surface area contributed by atoms with E-state index in [4.69, 9.17) is 9.47 Å². The molecule has 0 spiro atoms. The number of aliphatic imine (C=N–C) groups is 1. The monoisotopic (exact) mass is 368 g/mol. The molecule has 0 bridgehead atoms. The van der Waals surface area contributed by atoms with Crippen molar-refractivity contribution in [3.8, 4) is 11.5 Å². The summed E-state index contributed by atoms with van der Waals surface area (Å²) >= 11 is 0. The molecule has 144 valence electrons. The molecule has 0 aromatic heterocycles. The number of methoxy groups -OCH3 is 2. The Labute approximate surface area is 161 Å². The topological polar surface area (TPSA) is 58.1 Å². The number of hydrogen-bond donors (Lipinski definition) is 2. The van der Waals surface area contributed by atoms with Crippen LogP contribution >= 0.6 is 0 Å². The molecule has 0 saturated heterocycles. The number of benzene rings is 2. The van der Waals surface area contributed by atoms with Gasteiger partial charge in [0, 0.05) is 44.6 Å². The molecule has 0 fully saturated rings. The predicted molar refractivity (Wildman–Crippen MR) is 111 cm³/mol. The number of ether oxygens (including phenoxy) is 2. The molecule has 0 amide bonds. The molecule has 1 heterocycles. The number of fused-ring (bicyclic) bond motifs is 1. The van der Waals surface area contributed by atoms with Crippen LogP contribution < -0.4 is 25.0 Å². The van der Waals surface area contributed by atoms with Gasteiger partial charge >= 0.3 is 0 Å². The Bertz CT molecular complexity index is 820. The highest BCUT2D eigenvalue weighted by atomic mass is 16.5. The fourth-order valence-electron chi connectivity index (χ4n) is 3.36. The standard InChI is InChI=1S/C21H28N4O2/c1-22-21(24-17-8-10-19(26-3)20(13-17)27-4)23-14-15-7-9-18-16(12-15)6-5-11-25(18)2/h7-10,12-13H,5-6,11,14H2,1-4H3,(H2,22,23,24). The zero-order valence-corrected chi connectivity index (χ0v) is 16.5. The fraction of sp³-hybridized carbons (Fsp3) is 0.381. The number of rotatable bonds is 5. The Hall–Kier alpha value is -2.89. The number of nitrogens with zero attached hydrogens (tertiary/aromatic N) is 2. The van der Waals surface area contributed by atoms with Crippen LogP contribution in [0.1, 0.15) is 17.5 Å². The van der Waals surface area contributed by atoms with Gasteiger partial charge < -0.3 is 25.0 Å². The zero-order valence-electron chi connectivity index (χ0n) is 16.5. The summed E-state index contributed by atoms with van der Waals surface area (Å²) in [6.07, 6.45) is 2.36. The van der Waals surface area contributed by atoms with E-state index in [0.29, 0.717) is 24.0 Å². The molecule has 0 saturated carbocycles. The molecule has 0 unspecified atom stereocenters. The largest absolute Gasteiger partial charge is 0.493 e. The van der Waals surface area contributed by atoms with Crippen LogP contribution in [0.15, 0.2) is 41.4 Å². The minimum Gasteiger partial charge on any atom is -0.493 e. The van der Waals surface area contributed by atoms with E-state index in [-0.39, 0.29) is 0 Å². The molecule has 3 rings (SSSR count). The van der Waals surface area contributed by atoms with Crippen LogP contribution in [0.2, 0.25) is 0 Å². The van der Waals surface area contributed by atoms with Gasteiger partial charge in [0.05, 0.1) is 14.2 Å². The summed E-state index contributed by atoms with van der Waals surface area (Å²) in [7, 11) is 7.17. The van der Waals surface area contributed by atoms with Crippen LogP contribution in [0, 0.1) is 0 Å². The van der Waals surface area contributed by atoms with Crippen LogP contribution in [0.25, 0.3) is 0 Å². The quantitative estimate of drug-likeness (QED) is 0.627. The molecule has 27 heavy (non-hydrogen) atoms. The lowest BCUT2D eigenvalue weighted by molar-refractivity contribution is 0.355. The fourth-order valence-corrected chi connectivity index (χ4v) is 3.36. The normalized spacial score (nSPS) is 13.8. The van der Waals surface area contributed by atoms with Gasteiger partial charge in [-0.2, -0.15) is 0 Å². The molecule has 2 aromatic rings. The Balaban J connectivity index is 1.64. The maximum atomic E-state index is 5.35. The summed E-state index contributed by atoms with van der Waals surface area (Å²) in [6, 6.07) is 12.4. The minimum atomic E-state index is 0.678. The third-order valence-corrected chi connectivity index (χ3v) is 4.82. The van der Waals surface area contributed by atoms with E-state index in [1.165, 1.54) is 23.2 Å². The summed E-state index contributed by atoms with van der Waals surface area (Å²) in [5.41, 5.74) is 4.90. The molecule has 0 aliphatic carbocycles. The second-order valence-corrected chi connectivity index (χ2v) is 6.61. The van der Waals surface area contributed by atoms with Crippen LogP contribution in [0.5, 0.6) is 11.5 Å². The van der Waals surface area contributed by atoms with Crippen molar-refractivity contribution in [2.45, 2.75) is 19.4 Å². The molecular weight excluding hydrogens is 340 g/mol. The average molecular weight is 368 g/mol. The highest BCUT2D eigenvalue weighted by Gasteiger charge is 2.13. The van der Waals surface area contributed by atoms with Crippen molar-refractivity contribution in [2.24, 2.45) is 4.99 Å². The number of aryl methyl sites for hydroxylation is 1. The molecule has 1 aliphatic rings. The van der Waals surface area contributed by atoms with Crippen LogP contribution in [-0.2, 0) is 13.0 Å². The predicted octanol–water partition coefficient (Wildman–Crippen LogP) is 3.27. The van der Waals surface area contributed by atoms with Gasteiger partial charge in [0.2, 0.25) is 0 Å². The number of guanidine groups is 1. The molecular formula is C21H28N4O2. The zero-order chi connectivity index (χ0) is 19.2. The minimum absolute atomic E-state index is 0.678. The van der Waals surface area contributed by atoms with Crippen molar-refractivity contribution in [1.29, 1.82) is 0 Å². The first-order chi connectivity index (χ1) is 13.1. The van der Waals surface area contributed by atoms with Gasteiger partial charge in [-0.05, 0) is 42.2 Å². The van der Waals surface area contributed by atoms with E-state index in [1.54, 1.807) is 21.3 Å². The molecule has 0 radical (unpaired) electrons. The summed E-state index contributed by atoms with van der Waals surface area (Å²) < 4.78 is 10.6. The van der Waals surface area contributed by atoms with E-state index in [1.807, 2.05) is 18.2 Å². The maximum absolute atomic E-state index is 5.35. The lowest BCUT2D eigenvalue weighted by Gasteiger charge is -2.28. The maximum Gasteiger partial charge on any atom is 0.195 e. The van der Waals surface area contributed by atoms with E-state index in [0.717, 1.165) is 18.7 Å². The van der Waals surface area contributed by atoms with Gasteiger partial charge in [-0.3, -0.25) is 4.99 Å². The summed E-state index contributed by atoms with van der Waals surface area (Å²) in [5, 5.41) is 6.66. The van der Waals surface area contributed by atoms with Gasteiger partial charge in [-0.1, -0.05) is 12.1 Å².